The van der Waals surface area contributed by atoms with Gasteiger partial charge in [-0.3, -0.25) is 0 Å². The summed E-state index contributed by atoms with van der Waals surface area (Å²) >= 11 is 0. The standard InChI is InChI=1S/C12H24O/c1-5-7-10-8-9-11(13-10)12(3,4)6-2/h10-11H,5-9H2,1-4H3. The molecule has 0 aromatic rings. The Labute approximate surface area is 82.9 Å². The summed E-state index contributed by atoms with van der Waals surface area (Å²) in [6.07, 6.45) is 7.33. The Morgan fingerprint density at radius 1 is 1.23 bits per heavy atom. The topological polar surface area (TPSA) is 9.23 Å². The van der Waals surface area contributed by atoms with E-state index in [1.54, 1.807) is 0 Å². The third-order valence-corrected chi connectivity index (χ3v) is 3.50. The van der Waals surface area contributed by atoms with Gasteiger partial charge in [0.2, 0.25) is 0 Å². The van der Waals surface area contributed by atoms with Gasteiger partial charge in [0.15, 0.2) is 0 Å². The zero-order chi connectivity index (χ0) is 9.90. The van der Waals surface area contributed by atoms with Crippen LogP contribution in [0.15, 0.2) is 0 Å². The summed E-state index contributed by atoms with van der Waals surface area (Å²) in [4.78, 5) is 0. The maximum Gasteiger partial charge on any atom is 0.0630 e. The Balaban J connectivity index is 2.40. The monoisotopic (exact) mass is 184 g/mol. The Morgan fingerprint density at radius 3 is 2.46 bits per heavy atom. The molecule has 1 nitrogen and oxygen atoms in total. The van der Waals surface area contributed by atoms with E-state index in [1.807, 2.05) is 0 Å². The van der Waals surface area contributed by atoms with Crippen LogP contribution >= 0.6 is 0 Å². The fourth-order valence-electron chi connectivity index (χ4n) is 2.04. The molecule has 1 saturated heterocycles. The largest absolute Gasteiger partial charge is 0.374 e. The molecule has 0 radical (unpaired) electrons. The number of hydrogen-bond acceptors (Lipinski definition) is 1. The van der Waals surface area contributed by atoms with Crippen molar-refractivity contribution in [2.45, 2.75) is 72.0 Å². The van der Waals surface area contributed by atoms with Crippen molar-refractivity contribution < 1.29 is 4.74 Å². The number of rotatable bonds is 4. The second kappa shape index (κ2) is 4.45. The minimum atomic E-state index is 0.377. The molecule has 0 bridgehead atoms. The van der Waals surface area contributed by atoms with Gasteiger partial charge in [0.05, 0.1) is 12.2 Å². The van der Waals surface area contributed by atoms with Crippen molar-refractivity contribution in [3.8, 4) is 0 Å². The predicted octanol–water partition coefficient (Wildman–Crippen LogP) is 3.77. The lowest BCUT2D eigenvalue weighted by molar-refractivity contribution is -0.0270. The smallest absolute Gasteiger partial charge is 0.0630 e. The predicted molar refractivity (Wildman–Crippen MR) is 56.9 cm³/mol. The average Bonchev–Trinajstić information content (AvgIpc) is 2.54. The normalized spacial score (nSPS) is 29.5. The zero-order valence-corrected chi connectivity index (χ0v) is 9.60. The van der Waals surface area contributed by atoms with Crippen molar-refractivity contribution in [1.82, 2.24) is 0 Å². The lowest BCUT2D eigenvalue weighted by atomic mass is 9.82. The summed E-state index contributed by atoms with van der Waals surface area (Å²) in [6.45, 7) is 9.15. The van der Waals surface area contributed by atoms with Crippen LogP contribution in [0, 0.1) is 5.41 Å². The molecule has 0 N–H and O–H groups in total. The molecule has 0 spiro atoms. The summed E-state index contributed by atoms with van der Waals surface area (Å²) in [6, 6.07) is 0. The van der Waals surface area contributed by atoms with Gasteiger partial charge in [0.1, 0.15) is 0 Å². The van der Waals surface area contributed by atoms with Crippen molar-refractivity contribution in [2.75, 3.05) is 0 Å². The van der Waals surface area contributed by atoms with Crippen molar-refractivity contribution in [3.63, 3.8) is 0 Å². The fraction of sp³-hybridized carbons (Fsp3) is 1.00. The number of ether oxygens (including phenoxy) is 1. The molecular formula is C12H24O. The van der Waals surface area contributed by atoms with Crippen LogP contribution in [-0.2, 0) is 4.74 Å². The molecule has 0 saturated carbocycles. The van der Waals surface area contributed by atoms with E-state index in [9.17, 15) is 0 Å². The van der Waals surface area contributed by atoms with Crippen LogP contribution in [0.5, 0.6) is 0 Å². The van der Waals surface area contributed by atoms with Gasteiger partial charge in [-0.2, -0.15) is 0 Å². The molecule has 1 fully saturated rings. The van der Waals surface area contributed by atoms with Gasteiger partial charge in [-0.1, -0.05) is 34.1 Å². The van der Waals surface area contributed by atoms with E-state index >= 15 is 0 Å². The van der Waals surface area contributed by atoms with Gasteiger partial charge >= 0.3 is 0 Å². The van der Waals surface area contributed by atoms with Crippen molar-refractivity contribution in [3.05, 3.63) is 0 Å². The molecule has 13 heavy (non-hydrogen) atoms. The van der Waals surface area contributed by atoms with E-state index in [-0.39, 0.29) is 0 Å². The van der Waals surface area contributed by atoms with Crippen LogP contribution in [0.4, 0.5) is 0 Å². The molecule has 0 aromatic carbocycles. The molecule has 2 atom stereocenters. The lowest BCUT2D eigenvalue weighted by Crippen LogP contribution is -2.28. The summed E-state index contributed by atoms with van der Waals surface area (Å²) < 4.78 is 6.06. The molecule has 0 aromatic heterocycles. The van der Waals surface area contributed by atoms with Gasteiger partial charge in [0, 0.05) is 0 Å². The van der Waals surface area contributed by atoms with Crippen molar-refractivity contribution in [1.29, 1.82) is 0 Å². The van der Waals surface area contributed by atoms with Gasteiger partial charge in [-0.15, -0.1) is 0 Å². The molecule has 78 valence electrons. The van der Waals surface area contributed by atoms with Crippen LogP contribution in [0.2, 0.25) is 0 Å². The van der Waals surface area contributed by atoms with Crippen LogP contribution < -0.4 is 0 Å². The molecule has 0 amide bonds. The van der Waals surface area contributed by atoms with Gasteiger partial charge in [0.25, 0.3) is 0 Å². The van der Waals surface area contributed by atoms with E-state index in [4.69, 9.17) is 4.74 Å². The Kier molecular flexibility index (Phi) is 3.78. The van der Waals surface area contributed by atoms with Gasteiger partial charge < -0.3 is 4.74 Å². The molecule has 0 aliphatic carbocycles. The third kappa shape index (κ3) is 2.70. The highest BCUT2D eigenvalue weighted by atomic mass is 16.5. The zero-order valence-electron chi connectivity index (χ0n) is 9.60. The minimum Gasteiger partial charge on any atom is -0.374 e. The SMILES string of the molecule is CCCC1CCC(C(C)(C)CC)O1. The van der Waals surface area contributed by atoms with E-state index in [0.717, 1.165) is 0 Å². The fourth-order valence-corrected chi connectivity index (χ4v) is 2.04. The third-order valence-electron chi connectivity index (χ3n) is 3.50. The lowest BCUT2D eigenvalue weighted by Gasteiger charge is -2.30. The minimum absolute atomic E-state index is 0.377. The van der Waals surface area contributed by atoms with Crippen LogP contribution in [0.1, 0.15) is 59.8 Å². The quantitative estimate of drug-likeness (QED) is 0.646. The van der Waals surface area contributed by atoms with Crippen molar-refractivity contribution in [2.24, 2.45) is 5.41 Å². The van der Waals surface area contributed by atoms with Crippen molar-refractivity contribution >= 4 is 0 Å². The molecule has 1 heterocycles. The molecule has 1 heteroatoms. The van der Waals surface area contributed by atoms with Crippen LogP contribution in [-0.4, -0.2) is 12.2 Å². The van der Waals surface area contributed by atoms with Crippen LogP contribution in [0.25, 0.3) is 0 Å². The van der Waals surface area contributed by atoms with Gasteiger partial charge in [-0.25, -0.2) is 0 Å². The summed E-state index contributed by atoms with van der Waals surface area (Å²) in [5.41, 5.74) is 0.377. The number of hydrogen-bond donors (Lipinski definition) is 0. The van der Waals surface area contributed by atoms with E-state index < -0.39 is 0 Å². The Bertz CT molecular complexity index is 151. The highest BCUT2D eigenvalue weighted by molar-refractivity contribution is 4.84. The molecular weight excluding hydrogens is 160 g/mol. The summed E-state index contributed by atoms with van der Waals surface area (Å²) in [7, 11) is 0. The van der Waals surface area contributed by atoms with E-state index in [1.165, 1.54) is 32.1 Å². The van der Waals surface area contributed by atoms with Crippen LogP contribution in [0.3, 0.4) is 0 Å². The molecule has 2 unspecified atom stereocenters. The van der Waals surface area contributed by atoms with E-state index in [2.05, 4.69) is 27.7 Å². The van der Waals surface area contributed by atoms with E-state index in [0.29, 0.717) is 17.6 Å². The molecule has 1 rings (SSSR count). The molecule has 1 aliphatic heterocycles. The molecule has 1 aliphatic rings. The van der Waals surface area contributed by atoms with Gasteiger partial charge in [-0.05, 0) is 31.1 Å². The Hall–Kier alpha value is -0.0400. The first-order valence-corrected chi connectivity index (χ1v) is 5.75. The summed E-state index contributed by atoms with van der Waals surface area (Å²) in [5, 5.41) is 0. The first-order valence-electron chi connectivity index (χ1n) is 5.75. The second-order valence-electron chi connectivity index (χ2n) is 4.95. The average molecular weight is 184 g/mol. The highest BCUT2D eigenvalue weighted by Gasteiger charge is 2.35. The Morgan fingerprint density at radius 2 is 1.92 bits per heavy atom. The maximum atomic E-state index is 6.06. The second-order valence-corrected chi connectivity index (χ2v) is 4.95. The highest BCUT2D eigenvalue weighted by Crippen LogP contribution is 2.37. The summed E-state index contributed by atoms with van der Waals surface area (Å²) in [5.74, 6) is 0. The maximum absolute atomic E-state index is 6.06. The first-order chi connectivity index (χ1) is 6.10. The first kappa shape index (κ1) is 11.0.